The second kappa shape index (κ2) is 26.4. The third-order valence-corrected chi connectivity index (χ3v) is 11.9. The standard InChI is InChI=1S/C54H48Cl2N8O10/c1-31-37(29-73-53-47(55)17-39(23-61-25-43(65)19-49(67)68)51(63-53)71-27-35-11-33(21-57)13-41(15-35)59-3)7-5-9-45(31)46-10-6-8-38(32(46)2)30-74-54-48(56)18-40(24-62-26-44(66)20-50(69)70)52(64-54)72-28-36-12-34(22-58)14-42(16-36)60-4/h5-18,43-44,61-62,65-66H,19-20,23-30H2,1-2H3,(H,67,68)(H,69,70)/t43-,44-/m0/s1. The number of nitriles is 2. The molecule has 2 heterocycles. The predicted molar refractivity (Wildman–Crippen MR) is 272 cm³/mol. The molecule has 6 aromatic rings. The van der Waals surface area contributed by atoms with E-state index in [1.54, 1.807) is 36.4 Å². The number of hydrogen-bond acceptors (Lipinski definition) is 14. The second-order valence-corrected chi connectivity index (χ2v) is 17.6. The van der Waals surface area contributed by atoms with Crippen LogP contribution in [-0.4, -0.2) is 67.6 Å². The molecule has 2 aromatic heterocycles. The van der Waals surface area contributed by atoms with Gasteiger partial charge < -0.3 is 50.0 Å². The Hall–Kier alpha value is -8.30. The molecule has 0 unspecified atom stereocenters. The summed E-state index contributed by atoms with van der Waals surface area (Å²) in [7, 11) is 0. The minimum Gasteiger partial charge on any atom is -0.481 e. The summed E-state index contributed by atoms with van der Waals surface area (Å²) in [5.41, 5.74) is 8.44. The van der Waals surface area contributed by atoms with Gasteiger partial charge in [0.25, 0.3) is 0 Å². The van der Waals surface area contributed by atoms with Crippen molar-refractivity contribution >= 4 is 46.5 Å². The highest BCUT2D eigenvalue weighted by molar-refractivity contribution is 6.32. The van der Waals surface area contributed by atoms with Gasteiger partial charge in [-0.1, -0.05) is 59.6 Å². The molecule has 0 saturated heterocycles. The zero-order valence-corrected chi connectivity index (χ0v) is 41.5. The number of nitrogens with one attached hydrogen (secondary N) is 2. The number of aromatic nitrogens is 2. The summed E-state index contributed by atoms with van der Waals surface area (Å²) in [5, 5.41) is 63.7. The number of aliphatic hydroxyl groups excluding tert-OH is 2. The Labute approximate surface area is 436 Å². The number of carbonyl (C=O) groups is 2. The van der Waals surface area contributed by atoms with Crippen LogP contribution in [0.1, 0.15) is 68.5 Å². The molecule has 0 spiro atoms. The van der Waals surface area contributed by atoms with Crippen LogP contribution >= 0.6 is 23.2 Å². The number of ether oxygens (including phenoxy) is 4. The number of carboxylic acid groups (broad SMARTS) is 2. The quantitative estimate of drug-likeness (QED) is 0.0292. The van der Waals surface area contributed by atoms with Crippen LogP contribution in [0.15, 0.2) is 84.9 Å². The summed E-state index contributed by atoms with van der Waals surface area (Å²) >= 11 is 13.5. The minimum absolute atomic E-state index is 0.0384. The van der Waals surface area contributed by atoms with Crippen LogP contribution in [-0.2, 0) is 49.1 Å². The van der Waals surface area contributed by atoms with E-state index in [0.29, 0.717) is 22.3 Å². The number of nitrogens with zero attached hydrogens (tertiary/aromatic N) is 6. The first-order valence-electron chi connectivity index (χ1n) is 22.7. The first kappa shape index (κ1) is 55.0. The Morgan fingerprint density at radius 2 is 1.00 bits per heavy atom. The third-order valence-electron chi connectivity index (χ3n) is 11.3. The zero-order chi connectivity index (χ0) is 53.3. The molecule has 0 aliphatic rings. The van der Waals surface area contributed by atoms with Gasteiger partial charge in [0.2, 0.25) is 23.5 Å². The topological polar surface area (TPSA) is 258 Å². The number of aliphatic hydroxyl groups is 2. The molecule has 0 bridgehead atoms. The lowest BCUT2D eigenvalue weighted by Gasteiger charge is -2.18. The van der Waals surface area contributed by atoms with E-state index < -0.39 is 37.0 Å². The average Bonchev–Trinajstić information content (AvgIpc) is 3.37. The maximum atomic E-state index is 11.1. The third kappa shape index (κ3) is 15.4. The smallest absolute Gasteiger partial charge is 0.306 e. The summed E-state index contributed by atoms with van der Waals surface area (Å²) in [4.78, 5) is 38.3. The van der Waals surface area contributed by atoms with Gasteiger partial charge in [0.05, 0.1) is 50.3 Å². The molecule has 0 fully saturated rings. The Bertz CT molecular complexity index is 2940. The molecule has 0 aliphatic heterocycles. The van der Waals surface area contributed by atoms with E-state index in [1.807, 2.05) is 62.4 Å². The fourth-order valence-corrected chi connectivity index (χ4v) is 8.08. The fraction of sp³-hybridized carbons (Fsp3) is 0.259. The molecular formula is C54H48Cl2N8O10. The Morgan fingerprint density at radius 3 is 1.36 bits per heavy atom. The number of rotatable bonds is 25. The van der Waals surface area contributed by atoms with Crippen LogP contribution in [0.5, 0.6) is 23.5 Å². The van der Waals surface area contributed by atoms with E-state index in [2.05, 4.69) is 30.3 Å². The molecule has 0 amide bonds. The number of pyridine rings is 2. The highest BCUT2D eigenvalue weighted by Crippen LogP contribution is 2.35. The monoisotopic (exact) mass is 1040 g/mol. The van der Waals surface area contributed by atoms with Gasteiger partial charge in [-0.2, -0.15) is 20.5 Å². The largest absolute Gasteiger partial charge is 0.481 e. The highest BCUT2D eigenvalue weighted by atomic mass is 35.5. The zero-order valence-electron chi connectivity index (χ0n) is 40.0. The van der Waals surface area contributed by atoms with Crippen molar-refractivity contribution in [3.8, 4) is 46.8 Å². The summed E-state index contributed by atoms with van der Waals surface area (Å²) in [6.07, 6.45) is -3.20. The van der Waals surface area contributed by atoms with Gasteiger partial charge in [0.1, 0.15) is 36.5 Å². The Kier molecular flexibility index (Phi) is 19.6. The van der Waals surface area contributed by atoms with Crippen LogP contribution in [0.4, 0.5) is 11.4 Å². The van der Waals surface area contributed by atoms with E-state index in [0.717, 1.165) is 33.4 Å². The molecule has 378 valence electrons. The first-order valence-corrected chi connectivity index (χ1v) is 23.4. The van der Waals surface area contributed by atoms with Crippen LogP contribution in [0.2, 0.25) is 10.0 Å². The Balaban J connectivity index is 1.20. The fourth-order valence-electron chi connectivity index (χ4n) is 7.62. The summed E-state index contributed by atoms with van der Waals surface area (Å²) in [5.74, 6) is -1.93. The molecule has 0 aliphatic carbocycles. The molecule has 20 heteroatoms. The van der Waals surface area contributed by atoms with Crippen LogP contribution in [0, 0.1) is 49.7 Å². The van der Waals surface area contributed by atoms with Gasteiger partial charge in [-0.3, -0.25) is 9.59 Å². The molecule has 2 atom stereocenters. The number of hydrogen-bond donors (Lipinski definition) is 6. The van der Waals surface area contributed by atoms with Crippen LogP contribution in [0.3, 0.4) is 0 Å². The lowest BCUT2D eigenvalue weighted by Crippen LogP contribution is -2.28. The van der Waals surface area contributed by atoms with Crippen molar-refractivity contribution in [2.24, 2.45) is 0 Å². The maximum Gasteiger partial charge on any atom is 0.306 e. The van der Waals surface area contributed by atoms with Gasteiger partial charge in [-0.05, 0) is 107 Å². The van der Waals surface area contributed by atoms with Gasteiger partial charge in [-0.15, -0.1) is 0 Å². The van der Waals surface area contributed by atoms with Crippen molar-refractivity contribution < 1.29 is 49.0 Å². The average molecular weight is 1040 g/mol. The molecule has 0 radical (unpaired) electrons. The lowest BCUT2D eigenvalue weighted by atomic mass is 9.92. The first-order chi connectivity index (χ1) is 35.6. The van der Waals surface area contributed by atoms with E-state index in [4.69, 9.17) is 65.5 Å². The number of halogens is 2. The van der Waals surface area contributed by atoms with Crippen LogP contribution in [0.25, 0.3) is 20.8 Å². The van der Waals surface area contributed by atoms with Crippen molar-refractivity contribution in [1.82, 2.24) is 20.6 Å². The van der Waals surface area contributed by atoms with Crippen molar-refractivity contribution in [3.05, 3.63) is 173 Å². The number of carboxylic acids is 2. The van der Waals surface area contributed by atoms with E-state index >= 15 is 0 Å². The van der Waals surface area contributed by atoms with E-state index in [9.17, 15) is 30.3 Å². The predicted octanol–water partition coefficient (Wildman–Crippen LogP) is 9.08. The summed E-state index contributed by atoms with van der Waals surface area (Å²) in [6, 6.07) is 28.2. The molecule has 74 heavy (non-hydrogen) atoms. The molecule has 6 N–H and O–H groups in total. The van der Waals surface area contributed by atoms with Crippen LogP contribution < -0.4 is 29.6 Å². The highest BCUT2D eigenvalue weighted by Gasteiger charge is 2.20. The molecular weight excluding hydrogens is 992 g/mol. The summed E-state index contributed by atoms with van der Waals surface area (Å²) in [6.45, 7) is 18.9. The minimum atomic E-state index is -1.15. The van der Waals surface area contributed by atoms with Crippen molar-refractivity contribution in [2.45, 2.75) is 78.4 Å². The van der Waals surface area contributed by atoms with Gasteiger partial charge in [0, 0.05) is 48.4 Å². The SMILES string of the molecule is [C-]#[N+]c1cc(C#N)cc(COc2nc(OCc3cccc(-c4cccc(COc5nc(OCc6cc(C#N)cc([N+]#[C-])c6)c(CNC[C@@H](O)CC(=O)O)cc5Cl)c4C)c3C)c(Cl)cc2CNC[C@@H](O)CC(=O)O)c1. The van der Waals surface area contributed by atoms with E-state index in [1.165, 1.54) is 12.1 Å². The maximum absolute atomic E-state index is 11.1. The molecule has 18 nitrogen and oxygen atoms in total. The van der Waals surface area contributed by atoms with E-state index in [-0.39, 0.29) is 109 Å². The Morgan fingerprint density at radius 1 is 0.608 bits per heavy atom. The van der Waals surface area contributed by atoms with Gasteiger partial charge in [-0.25, -0.2) is 9.69 Å². The van der Waals surface area contributed by atoms with Gasteiger partial charge in [0.15, 0.2) is 11.4 Å². The number of aliphatic carboxylic acids is 2. The summed E-state index contributed by atoms with van der Waals surface area (Å²) < 4.78 is 24.7. The van der Waals surface area contributed by atoms with Crippen molar-refractivity contribution in [2.75, 3.05) is 13.1 Å². The van der Waals surface area contributed by atoms with Crippen molar-refractivity contribution in [1.29, 1.82) is 10.5 Å². The molecule has 6 rings (SSSR count). The van der Waals surface area contributed by atoms with Crippen molar-refractivity contribution in [3.63, 3.8) is 0 Å². The molecule has 4 aromatic carbocycles. The second-order valence-electron chi connectivity index (χ2n) is 16.8. The van der Waals surface area contributed by atoms with Gasteiger partial charge >= 0.3 is 11.9 Å². The molecule has 0 saturated carbocycles. The number of benzene rings is 4. The lowest BCUT2D eigenvalue weighted by molar-refractivity contribution is -0.140. The normalized spacial score (nSPS) is 11.5.